The Labute approximate surface area is 177 Å². The van der Waals surface area contributed by atoms with Crippen molar-refractivity contribution < 1.29 is 4.79 Å². The van der Waals surface area contributed by atoms with Crippen molar-refractivity contribution in [2.24, 2.45) is 17.9 Å². The molecule has 0 radical (unpaired) electrons. The normalized spacial score (nSPS) is 21.4. The van der Waals surface area contributed by atoms with E-state index in [1.807, 2.05) is 6.07 Å². The van der Waals surface area contributed by atoms with Gasteiger partial charge in [0.05, 0.1) is 11.6 Å². The molecule has 2 heterocycles. The van der Waals surface area contributed by atoms with Crippen LogP contribution in [0.2, 0.25) is 0 Å². The van der Waals surface area contributed by atoms with E-state index in [0.29, 0.717) is 5.65 Å². The van der Waals surface area contributed by atoms with E-state index in [1.54, 1.807) is 11.6 Å². The number of aromatic nitrogens is 3. The second-order valence-corrected chi connectivity index (χ2v) is 10.5. The molecular weight excluding hydrogens is 378 g/mol. The molecule has 7 heteroatoms. The first-order chi connectivity index (χ1) is 13.9. The van der Waals surface area contributed by atoms with E-state index in [0.717, 1.165) is 42.5 Å². The Kier molecular flexibility index (Phi) is 5.81. The molecule has 0 aromatic carbocycles. The van der Waals surface area contributed by atoms with Crippen molar-refractivity contribution in [2.45, 2.75) is 78.7 Å². The zero-order chi connectivity index (χ0) is 22.3. The molecule has 0 saturated heterocycles. The van der Waals surface area contributed by atoms with Crippen molar-refractivity contribution in [2.75, 3.05) is 0 Å². The van der Waals surface area contributed by atoms with E-state index in [9.17, 15) is 9.59 Å². The fraction of sp³-hybridized carbons (Fsp3) is 0.652. The summed E-state index contributed by atoms with van der Waals surface area (Å²) in [5.41, 5.74) is 3.46. The number of imidazole rings is 1. The minimum absolute atomic E-state index is 0.0179. The molecule has 1 fully saturated rings. The molecule has 7 nitrogen and oxygen atoms in total. The number of nitrogens with zero attached hydrogens (tertiary/aromatic N) is 3. The second-order valence-electron chi connectivity index (χ2n) is 10.5. The van der Waals surface area contributed by atoms with E-state index in [2.05, 4.69) is 51.0 Å². The molecule has 2 aromatic heterocycles. The van der Waals surface area contributed by atoms with Crippen LogP contribution >= 0.6 is 0 Å². The molecule has 1 saturated carbocycles. The van der Waals surface area contributed by atoms with Crippen LogP contribution < -0.4 is 11.0 Å². The smallest absolute Gasteiger partial charge is 0.327 e. The maximum Gasteiger partial charge on any atom is 0.327 e. The van der Waals surface area contributed by atoms with Crippen molar-refractivity contribution >= 4 is 17.1 Å². The molecule has 2 aromatic rings. The first-order valence-corrected chi connectivity index (χ1v) is 10.7. The number of carbonyl (C=O) groups is 1. The van der Waals surface area contributed by atoms with Gasteiger partial charge in [-0.15, -0.1) is 0 Å². The van der Waals surface area contributed by atoms with Gasteiger partial charge in [-0.2, -0.15) is 5.26 Å². The highest BCUT2D eigenvalue weighted by atomic mass is 16.2. The van der Waals surface area contributed by atoms with Crippen LogP contribution in [0.15, 0.2) is 10.9 Å². The number of pyridine rings is 1. The van der Waals surface area contributed by atoms with E-state index in [1.165, 1.54) is 0 Å². The van der Waals surface area contributed by atoms with Crippen molar-refractivity contribution in [3.63, 3.8) is 0 Å². The van der Waals surface area contributed by atoms with E-state index in [4.69, 9.17) is 10.2 Å². The number of H-pyrrole nitrogens is 1. The van der Waals surface area contributed by atoms with E-state index < -0.39 is 0 Å². The number of hydrogen-bond donors (Lipinski definition) is 2. The van der Waals surface area contributed by atoms with Crippen molar-refractivity contribution in [1.29, 1.82) is 5.26 Å². The number of aromatic amines is 1. The number of aryl methyl sites for hydroxylation is 1. The van der Waals surface area contributed by atoms with Gasteiger partial charge in [0, 0.05) is 24.7 Å². The van der Waals surface area contributed by atoms with Crippen LogP contribution in [0.4, 0.5) is 0 Å². The molecule has 0 bridgehead atoms. The minimum Gasteiger partial charge on any atom is -0.352 e. The standard InChI is InChI=1S/C23H33N5O2/c1-22(2,3)13-15-11-16(25-20-19(15)27-21(30)28(20)6)14-7-9-23(4,5)17(12-14)26-18(29)8-10-24/h11,14,17H,7-9,12-13H2,1-6H3,(H,26,29)(H,27,30). The highest BCUT2D eigenvalue weighted by Crippen LogP contribution is 2.43. The molecule has 162 valence electrons. The molecule has 2 atom stereocenters. The van der Waals surface area contributed by atoms with Crippen LogP contribution in [0.5, 0.6) is 0 Å². The SMILES string of the molecule is Cn1c(=O)[nH]c2c(CC(C)(C)C)cc(C3CCC(C)(C)C(NC(=O)CC#N)C3)nc21. The van der Waals surface area contributed by atoms with Crippen LogP contribution in [-0.2, 0) is 18.3 Å². The molecule has 0 aliphatic heterocycles. The van der Waals surface area contributed by atoms with Gasteiger partial charge in [0.25, 0.3) is 0 Å². The minimum atomic E-state index is -0.221. The summed E-state index contributed by atoms with van der Waals surface area (Å²) in [6, 6.07) is 4.05. The highest BCUT2D eigenvalue weighted by Gasteiger charge is 2.38. The maximum atomic E-state index is 12.3. The Morgan fingerprint density at radius 2 is 2.13 bits per heavy atom. The van der Waals surface area contributed by atoms with Gasteiger partial charge in [-0.3, -0.25) is 9.36 Å². The summed E-state index contributed by atoms with van der Waals surface area (Å²) >= 11 is 0. The fourth-order valence-corrected chi connectivity index (χ4v) is 4.47. The van der Waals surface area contributed by atoms with Crippen molar-refractivity contribution in [1.82, 2.24) is 19.9 Å². The summed E-state index contributed by atoms with van der Waals surface area (Å²) in [5, 5.41) is 11.9. The number of hydrogen-bond acceptors (Lipinski definition) is 4. The van der Waals surface area contributed by atoms with Gasteiger partial charge in [-0.1, -0.05) is 34.6 Å². The van der Waals surface area contributed by atoms with E-state index >= 15 is 0 Å². The Morgan fingerprint density at radius 1 is 1.43 bits per heavy atom. The van der Waals surface area contributed by atoms with Crippen LogP contribution in [0.3, 0.4) is 0 Å². The summed E-state index contributed by atoms with van der Waals surface area (Å²) in [5.74, 6) is -0.0281. The second kappa shape index (κ2) is 7.90. The lowest BCUT2D eigenvalue weighted by Crippen LogP contribution is -2.48. The topological polar surface area (TPSA) is 104 Å². The van der Waals surface area contributed by atoms with Gasteiger partial charge in [0.1, 0.15) is 6.42 Å². The summed E-state index contributed by atoms with van der Waals surface area (Å²) < 4.78 is 1.57. The van der Waals surface area contributed by atoms with Gasteiger partial charge < -0.3 is 10.3 Å². The van der Waals surface area contributed by atoms with Crippen LogP contribution in [0.25, 0.3) is 11.2 Å². The Balaban J connectivity index is 1.99. The first-order valence-electron chi connectivity index (χ1n) is 10.7. The van der Waals surface area contributed by atoms with Gasteiger partial charge in [0.15, 0.2) is 5.65 Å². The lowest BCUT2D eigenvalue weighted by atomic mass is 9.68. The zero-order valence-corrected chi connectivity index (χ0v) is 18.9. The molecule has 2 N–H and O–H groups in total. The number of fused-ring (bicyclic) bond motifs is 1. The predicted octanol–water partition coefficient (Wildman–Crippen LogP) is 3.54. The van der Waals surface area contributed by atoms with Gasteiger partial charge in [-0.25, -0.2) is 9.78 Å². The molecule has 1 amide bonds. The zero-order valence-electron chi connectivity index (χ0n) is 18.9. The average molecular weight is 412 g/mol. The van der Waals surface area contributed by atoms with Gasteiger partial charge in [-0.05, 0) is 48.1 Å². The van der Waals surface area contributed by atoms with Crippen molar-refractivity contribution in [3.05, 3.63) is 27.8 Å². The predicted molar refractivity (Wildman–Crippen MR) is 117 cm³/mol. The number of nitriles is 1. The van der Waals surface area contributed by atoms with Crippen molar-refractivity contribution in [3.8, 4) is 6.07 Å². The largest absolute Gasteiger partial charge is 0.352 e. The summed E-state index contributed by atoms with van der Waals surface area (Å²) in [6.07, 6.45) is 3.41. The Hall–Kier alpha value is -2.62. The quantitative estimate of drug-likeness (QED) is 0.803. The third-order valence-corrected chi connectivity index (χ3v) is 6.27. The van der Waals surface area contributed by atoms with Gasteiger partial charge >= 0.3 is 5.69 Å². The molecule has 1 aliphatic rings. The maximum absolute atomic E-state index is 12.3. The van der Waals surface area contributed by atoms with Crippen LogP contribution in [-0.4, -0.2) is 26.5 Å². The average Bonchev–Trinajstić information content (AvgIpc) is 2.91. The molecule has 1 aliphatic carbocycles. The first kappa shape index (κ1) is 22.1. The monoisotopic (exact) mass is 411 g/mol. The summed E-state index contributed by atoms with van der Waals surface area (Å²) in [4.78, 5) is 32.2. The summed E-state index contributed by atoms with van der Waals surface area (Å²) in [6.45, 7) is 10.9. The number of carbonyl (C=O) groups excluding carboxylic acids is 1. The number of nitrogens with one attached hydrogen (secondary N) is 2. The lowest BCUT2D eigenvalue weighted by molar-refractivity contribution is -0.122. The molecular formula is C23H33N5O2. The van der Waals surface area contributed by atoms with Crippen LogP contribution in [0, 0.1) is 22.2 Å². The third kappa shape index (κ3) is 4.58. The Morgan fingerprint density at radius 3 is 2.77 bits per heavy atom. The fourth-order valence-electron chi connectivity index (χ4n) is 4.47. The lowest BCUT2D eigenvalue weighted by Gasteiger charge is -2.42. The molecule has 2 unspecified atom stereocenters. The number of amides is 1. The number of rotatable bonds is 4. The van der Waals surface area contributed by atoms with Crippen LogP contribution in [0.1, 0.15) is 77.5 Å². The molecule has 30 heavy (non-hydrogen) atoms. The third-order valence-electron chi connectivity index (χ3n) is 6.27. The summed E-state index contributed by atoms with van der Waals surface area (Å²) in [7, 11) is 1.74. The molecule has 0 spiro atoms. The molecule has 3 rings (SSSR count). The highest BCUT2D eigenvalue weighted by molar-refractivity contribution is 5.78. The van der Waals surface area contributed by atoms with E-state index in [-0.39, 0.29) is 40.8 Å². The van der Waals surface area contributed by atoms with Gasteiger partial charge in [0.2, 0.25) is 5.91 Å². The Bertz CT molecular complexity index is 1050.